The lowest BCUT2D eigenvalue weighted by atomic mass is 9.93. The maximum absolute atomic E-state index is 13.2. The van der Waals surface area contributed by atoms with Gasteiger partial charge in [0.15, 0.2) is 0 Å². The normalized spacial score (nSPS) is 15.6. The van der Waals surface area contributed by atoms with Crippen LogP contribution >= 0.6 is 0 Å². The summed E-state index contributed by atoms with van der Waals surface area (Å²) < 4.78 is 56.2. The zero-order chi connectivity index (χ0) is 14.8. The zero-order valence-corrected chi connectivity index (χ0v) is 11.0. The highest BCUT2D eigenvalue weighted by molar-refractivity contribution is 5.30. The van der Waals surface area contributed by atoms with Crippen molar-refractivity contribution in [2.45, 2.75) is 32.2 Å². The number of hydrogen-bond acceptors (Lipinski definition) is 2. The molecule has 0 aliphatic rings. The fraction of sp³-hybridized carbons (Fsp3) is 0.538. The van der Waals surface area contributed by atoms with Crippen molar-refractivity contribution in [2.75, 3.05) is 7.11 Å². The first-order valence-electron chi connectivity index (χ1n) is 5.83. The van der Waals surface area contributed by atoms with E-state index in [4.69, 9.17) is 10.5 Å². The molecule has 0 spiro atoms. The molecule has 0 saturated heterocycles. The Morgan fingerprint density at radius 1 is 1.21 bits per heavy atom. The number of nitrogens with two attached hydrogens (primary N) is 1. The van der Waals surface area contributed by atoms with Crippen molar-refractivity contribution < 1.29 is 22.3 Å². The van der Waals surface area contributed by atoms with Crippen molar-refractivity contribution in [1.82, 2.24) is 0 Å². The van der Waals surface area contributed by atoms with Crippen LogP contribution in [0.2, 0.25) is 0 Å². The van der Waals surface area contributed by atoms with E-state index in [1.165, 1.54) is 13.2 Å². The molecule has 2 atom stereocenters. The molecule has 0 aliphatic carbocycles. The van der Waals surface area contributed by atoms with Crippen LogP contribution in [-0.4, -0.2) is 13.2 Å². The van der Waals surface area contributed by atoms with Crippen LogP contribution in [-0.2, 0) is 10.9 Å². The van der Waals surface area contributed by atoms with Crippen LogP contribution in [0.25, 0.3) is 0 Å². The second kappa shape index (κ2) is 5.88. The molecule has 1 rings (SSSR count). The molecule has 108 valence electrons. The summed E-state index contributed by atoms with van der Waals surface area (Å²) in [4.78, 5) is 0. The second-order valence-corrected chi connectivity index (χ2v) is 4.71. The van der Waals surface area contributed by atoms with E-state index >= 15 is 0 Å². The molecule has 19 heavy (non-hydrogen) atoms. The van der Waals surface area contributed by atoms with E-state index in [9.17, 15) is 17.6 Å². The van der Waals surface area contributed by atoms with Crippen LogP contribution in [0.5, 0.6) is 0 Å². The van der Waals surface area contributed by atoms with Gasteiger partial charge in [-0.05, 0) is 23.6 Å². The van der Waals surface area contributed by atoms with Gasteiger partial charge in [-0.25, -0.2) is 4.39 Å². The summed E-state index contributed by atoms with van der Waals surface area (Å²) in [5.41, 5.74) is 4.79. The van der Waals surface area contributed by atoms with Gasteiger partial charge in [0.1, 0.15) is 5.82 Å². The minimum atomic E-state index is -4.74. The lowest BCUT2D eigenvalue weighted by Gasteiger charge is -2.26. The molecule has 1 aromatic rings. The summed E-state index contributed by atoms with van der Waals surface area (Å²) in [5.74, 6) is -1.28. The van der Waals surface area contributed by atoms with Gasteiger partial charge in [0.25, 0.3) is 0 Å². The molecular formula is C13H17F4NO. The van der Waals surface area contributed by atoms with E-state index in [1.807, 2.05) is 13.8 Å². The van der Waals surface area contributed by atoms with Gasteiger partial charge in [-0.1, -0.05) is 19.9 Å². The van der Waals surface area contributed by atoms with Gasteiger partial charge in [0, 0.05) is 7.11 Å². The Bertz CT molecular complexity index is 431. The molecule has 0 heterocycles. The number of rotatable bonds is 4. The third-order valence-corrected chi connectivity index (χ3v) is 2.96. The van der Waals surface area contributed by atoms with Crippen molar-refractivity contribution >= 4 is 0 Å². The summed E-state index contributed by atoms with van der Waals surface area (Å²) in [5, 5.41) is 0. The fourth-order valence-electron chi connectivity index (χ4n) is 1.99. The first-order chi connectivity index (χ1) is 8.68. The van der Waals surface area contributed by atoms with E-state index in [1.54, 1.807) is 0 Å². The number of halogens is 4. The molecule has 0 aliphatic heterocycles. The predicted molar refractivity (Wildman–Crippen MR) is 64.0 cm³/mol. The number of alkyl halides is 3. The number of methoxy groups -OCH3 is 1. The number of ether oxygens (including phenoxy) is 1. The van der Waals surface area contributed by atoms with Crippen LogP contribution in [0, 0.1) is 11.7 Å². The third-order valence-electron chi connectivity index (χ3n) is 2.96. The summed E-state index contributed by atoms with van der Waals surface area (Å²) in [6.45, 7) is 3.70. The molecule has 0 radical (unpaired) electrons. The lowest BCUT2D eigenvalue weighted by Crippen LogP contribution is -2.32. The lowest BCUT2D eigenvalue weighted by molar-refractivity contribution is -0.140. The van der Waals surface area contributed by atoms with E-state index < -0.39 is 29.7 Å². The van der Waals surface area contributed by atoms with Crippen molar-refractivity contribution in [3.8, 4) is 0 Å². The van der Waals surface area contributed by atoms with Gasteiger partial charge in [0.05, 0.1) is 17.7 Å². The van der Waals surface area contributed by atoms with Crippen LogP contribution in [0.15, 0.2) is 18.2 Å². The zero-order valence-electron chi connectivity index (χ0n) is 11.0. The maximum atomic E-state index is 13.2. The van der Waals surface area contributed by atoms with Gasteiger partial charge in [-0.3, -0.25) is 0 Å². The van der Waals surface area contributed by atoms with E-state index in [0.717, 1.165) is 12.1 Å². The number of hydrogen-bond donors (Lipinski definition) is 1. The van der Waals surface area contributed by atoms with Gasteiger partial charge >= 0.3 is 6.18 Å². The Hall–Kier alpha value is -1.14. The predicted octanol–water partition coefficient (Wildman–Crippen LogP) is 3.52. The molecule has 2 N–H and O–H groups in total. The smallest absolute Gasteiger partial charge is 0.379 e. The average Bonchev–Trinajstić information content (AvgIpc) is 2.28. The number of benzene rings is 1. The first kappa shape index (κ1) is 15.9. The second-order valence-electron chi connectivity index (χ2n) is 4.71. The molecule has 0 fully saturated rings. The van der Waals surface area contributed by atoms with Crippen LogP contribution in [0.3, 0.4) is 0 Å². The van der Waals surface area contributed by atoms with Gasteiger partial charge in [-0.2, -0.15) is 13.2 Å². The SMILES string of the molecule is COC(C(C)C)C(N)c1ccc(F)c(C(F)(F)F)c1. The Morgan fingerprint density at radius 2 is 1.79 bits per heavy atom. The molecule has 0 bridgehead atoms. The Morgan fingerprint density at radius 3 is 2.21 bits per heavy atom. The Balaban J connectivity index is 3.15. The summed E-state index contributed by atoms with van der Waals surface area (Å²) in [7, 11) is 1.44. The molecule has 2 unspecified atom stereocenters. The summed E-state index contributed by atoms with van der Waals surface area (Å²) in [6, 6.07) is 2.04. The first-order valence-corrected chi connectivity index (χ1v) is 5.83. The molecule has 1 aromatic carbocycles. The topological polar surface area (TPSA) is 35.2 Å². The highest BCUT2D eigenvalue weighted by atomic mass is 19.4. The third kappa shape index (κ3) is 3.67. The van der Waals surface area contributed by atoms with Crippen molar-refractivity contribution in [2.24, 2.45) is 11.7 Å². The van der Waals surface area contributed by atoms with Crippen LogP contribution < -0.4 is 5.73 Å². The van der Waals surface area contributed by atoms with E-state index in [2.05, 4.69) is 0 Å². The fourth-order valence-corrected chi connectivity index (χ4v) is 1.99. The highest BCUT2D eigenvalue weighted by Crippen LogP contribution is 2.33. The monoisotopic (exact) mass is 279 g/mol. The van der Waals surface area contributed by atoms with Crippen molar-refractivity contribution in [1.29, 1.82) is 0 Å². The average molecular weight is 279 g/mol. The van der Waals surface area contributed by atoms with Crippen LogP contribution in [0.4, 0.5) is 17.6 Å². The Kier molecular flexibility index (Phi) is 4.92. The summed E-state index contributed by atoms with van der Waals surface area (Å²) >= 11 is 0. The Labute approximate surface area is 109 Å². The maximum Gasteiger partial charge on any atom is 0.419 e. The molecule has 2 nitrogen and oxygen atoms in total. The molecule has 6 heteroatoms. The minimum Gasteiger partial charge on any atom is -0.379 e. The van der Waals surface area contributed by atoms with Crippen LogP contribution in [0.1, 0.15) is 31.0 Å². The quantitative estimate of drug-likeness (QED) is 0.856. The minimum absolute atomic E-state index is 0.0272. The molecule has 0 amide bonds. The van der Waals surface area contributed by atoms with E-state index in [0.29, 0.717) is 0 Å². The van der Waals surface area contributed by atoms with Gasteiger partial charge in [0.2, 0.25) is 0 Å². The molecule has 0 saturated carbocycles. The largest absolute Gasteiger partial charge is 0.419 e. The molecular weight excluding hydrogens is 262 g/mol. The van der Waals surface area contributed by atoms with Gasteiger partial charge < -0.3 is 10.5 Å². The van der Waals surface area contributed by atoms with Crippen molar-refractivity contribution in [3.05, 3.63) is 35.1 Å². The standard InChI is InChI=1S/C13H17F4NO/c1-7(2)12(19-3)11(18)8-4-5-10(14)9(6-8)13(15,16)17/h4-7,11-12H,18H2,1-3H3. The van der Waals surface area contributed by atoms with Gasteiger partial charge in [-0.15, -0.1) is 0 Å². The van der Waals surface area contributed by atoms with Crippen molar-refractivity contribution in [3.63, 3.8) is 0 Å². The van der Waals surface area contributed by atoms with E-state index in [-0.39, 0.29) is 11.5 Å². The summed E-state index contributed by atoms with van der Waals surface area (Å²) in [6.07, 6.45) is -5.17. The molecule has 0 aromatic heterocycles. The highest BCUT2D eigenvalue weighted by Gasteiger charge is 2.35.